The lowest BCUT2D eigenvalue weighted by molar-refractivity contribution is 0.636. The first-order valence-corrected chi connectivity index (χ1v) is 7.71. The van der Waals surface area contributed by atoms with Gasteiger partial charge in [-0.15, -0.1) is 0 Å². The van der Waals surface area contributed by atoms with E-state index in [1.165, 1.54) is 70.6 Å². The van der Waals surface area contributed by atoms with Gasteiger partial charge in [0.05, 0.1) is 0 Å². The van der Waals surface area contributed by atoms with Crippen LogP contribution in [0.5, 0.6) is 0 Å². The highest BCUT2D eigenvalue weighted by atomic mass is 13.9. The molecule has 0 N–H and O–H groups in total. The van der Waals surface area contributed by atoms with Gasteiger partial charge in [-0.2, -0.15) is 0 Å². The van der Waals surface area contributed by atoms with Gasteiger partial charge in [0.25, 0.3) is 0 Å². The van der Waals surface area contributed by atoms with Gasteiger partial charge in [0, 0.05) is 0 Å². The molecule has 0 radical (unpaired) electrons. The first kappa shape index (κ1) is 16.5. The Morgan fingerprint density at radius 1 is 0.529 bits per heavy atom. The Bertz CT molecular complexity index is 176. The van der Waals surface area contributed by atoms with Crippen molar-refractivity contribution in [3.05, 3.63) is 24.3 Å². The highest BCUT2D eigenvalue weighted by Gasteiger charge is 1.87. The van der Waals surface area contributed by atoms with Crippen molar-refractivity contribution in [2.75, 3.05) is 0 Å². The lowest BCUT2D eigenvalue weighted by atomic mass is 10.1. The fourth-order valence-corrected chi connectivity index (χ4v) is 1.91. The summed E-state index contributed by atoms with van der Waals surface area (Å²) in [4.78, 5) is 0. The molecule has 0 saturated heterocycles. The molecule has 0 unspecified atom stereocenters. The molecule has 0 aliphatic rings. The van der Waals surface area contributed by atoms with Crippen LogP contribution >= 0.6 is 0 Å². The smallest absolute Gasteiger partial charge is 0.0351 e. The van der Waals surface area contributed by atoms with Gasteiger partial charge < -0.3 is 0 Å². The van der Waals surface area contributed by atoms with E-state index in [0.717, 1.165) is 0 Å². The average Bonchev–Trinajstić information content (AvgIpc) is 2.35. The van der Waals surface area contributed by atoms with Crippen LogP contribution in [0.25, 0.3) is 0 Å². The van der Waals surface area contributed by atoms with Gasteiger partial charge in [-0.3, -0.25) is 0 Å². The second-order valence-corrected chi connectivity index (χ2v) is 4.84. The van der Waals surface area contributed by atoms with Crippen LogP contribution in [0.3, 0.4) is 0 Å². The van der Waals surface area contributed by atoms with E-state index in [-0.39, 0.29) is 0 Å². The first-order chi connectivity index (χ1) is 8.41. The molecule has 0 heteroatoms. The topological polar surface area (TPSA) is 0 Å². The maximum absolute atomic E-state index is 2.38. The van der Waals surface area contributed by atoms with E-state index in [1.54, 1.807) is 0 Å². The monoisotopic (exact) mass is 236 g/mol. The Hall–Kier alpha value is -0.520. The number of hydrogen-bond acceptors (Lipinski definition) is 0. The van der Waals surface area contributed by atoms with E-state index in [1.807, 2.05) is 0 Å². The van der Waals surface area contributed by atoms with Gasteiger partial charge >= 0.3 is 0 Å². The Kier molecular flexibility index (Phi) is 15.0. The van der Waals surface area contributed by atoms with Gasteiger partial charge in [-0.1, -0.05) is 63.8 Å². The summed E-state index contributed by atoms with van der Waals surface area (Å²) in [5.74, 6) is 0. The van der Waals surface area contributed by atoms with E-state index >= 15 is 0 Å². The van der Waals surface area contributed by atoms with Gasteiger partial charge in [0.1, 0.15) is 0 Å². The van der Waals surface area contributed by atoms with Crippen molar-refractivity contribution in [2.24, 2.45) is 0 Å². The molecule has 0 aromatic heterocycles. The van der Waals surface area contributed by atoms with Crippen LogP contribution in [-0.4, -0.2) is 0 Å². The van der Waals surface area contributed by atoms with E-state index in [2.05, 4.69) is 38.2 Å². The highest BCUT2D eigenvalue weighted by Crippen LogP contribution is 2.07. The minimum Gasteiger partial charge on any atom is -0.0888 e. The van der Waals surface area contributed by atoms with Gasteiger partial charge in [0.2, 0.25) is 0 Å². The highest BCUT2D eigenvalue weighted by molar-refractivity contribution is 4.83. The van der Waals surface area contributed by atoms with Crippen LogP contribution in [0, 0.1) is 0 Å². The summed E-state index contributed by atoms with van der Waals surface area (Å²) in [6, 6.07) is 0. The van der Waals surface area contributed by atoms with Crippen LogP contribution in [0.1, 0.15) is 84.5 Å². The Balaban J connectivity index is 3.07. The predicted molar refractivity (Wildman–Crippen MR) is 80.4 cm³/mol. The fourth-order valence-electron chi connectivity index (χ4n) is 1.91. The van der Waals surface area contributed by atoms with Gasteiger partial charge in [0.15, 0.2) is 0 Å². The minimum absolute atomic E-state index is 1.18. The molecule has 100 valence electrons. The van der Waals surface area contributed by atoms with E-state index < -0.39 is 0 Å². The molecule has 0 heterocycles. The molecule has 0 amide bonds. The van der Waals surface area contributed by atoms with E-state index in [9.17, 15) is 0 Å². The summed E-state index contributed by atoms with van der Waals surface area (Å²) >= 11 is 0. The quantitative estimate of drug-likeness (QED) is 0.270. The predicted octanol–water partition coefficient (Wildman–Crippen LogP) is 6.43. The Labute approximate surface area is 109 Å². The van der Waals surface area contributed by atoms with Crippen molar-refractivity contribution in [3.63, 3.8) is 0 Å². The summed E-state index contributed by atoms with van der Waals surface area (Å²) in [5, 5.41) is 0. The van der Waals surface area contributed by atoms with Crippen molar-refractivity contribution >= 4 is 0 Å². The Morgan fingerprint density at radius 2 is 1.00 bits per heavy atom. The van der Waals surface area contributed by atoms with Crippen LogP contribution in [0.4, 0.5) is 0 Å². The minimum atomic E-state index is 1.18. The summed E-state index contributed by atoms with van der Waals surface area (Å²) in [5.41, 5.74) is 0. The third-order valence-electron chi connectivity index (χ3n) is 3.03. The van der Waals surface area contributed by atoms with Crippen LogP contribution in [0.15, 0.2) is 24.3 Å². The molecular weight excluding hydrogens is 204 g/mol. The molecule has 0 rings (SSSR count). The summed E-state index contributed by atoms with van der Waals surface area (Å²) in [6.45, 7) is 4.47. The second-order valence-electron chi connectivity index (χ2n) is 4.84. The molecule has 0 aromatic rings. The van der Waals surface area contributed by atoms with Crippen molar-refractivity contribution in [3.8, 4) is 0 Å². The van der Waals surface area contributed by atoms with E-state index in [4.69, 9.17) is 0 Å². The molecule has 0 aliphatic heterocycles. The molecule has 0 atom stereocenters. The van der Waals surface area contributed by atoms with Crippen LogP contribution in [0.2, 0.25) is 0 Å². The molecule has 0 saturated carbocycles. The zero-order chi connectivity index (χ0) is 12.6. The van der Waals surface area contributed by atoms with Crippen molar-refractivity contribution < 1.29 is 0 Å². The lowest BCUT2D eigenvalue weighted by Gasteiger charge is -1.96. The zero-order valence-corrected chi connectivity index (χ0v) is 12.1. The Morgan fingerprint density at radius 3 is 1.53 bits per heavy atom. The van der Waals surface area contributed by atoms with Crippen molar-refractivity contribution in [1.29, 1.82) is 0 Å². The van der Waals surface area contributed by atoms with Crippen molar-refractivity contribution in [2.45, 2.75) is 84.5 Å². The third-order valence-corrected chi connectivity index (χ3v) is 3.03. The molecule has 0 fully saturated rings. The molecule has 0 spiro atoms. The van der Waals surface area contributed by atoms with Crippen LogP contribution < -0.4 is 0 Å². The number of allylic oxidation sites excluding steroid dienone is 4. The molecule has 0 aromatic carbocycles. The number of hydrogen-bond donors (Lipinski definition) is 0. The molecule has 0 aliphatic carbocycles. The molecule has 0 bridgehead atoms. The zero-order valence-electron chi connectivity index (χ0n) is 12.1. The van der Waals surface area contributed by atoms with E-state index in [0.29, 0.717) is 0 Å². The van der Waals surface area contributed by atoms with Gasteiger partial charge in [-0.25, -0.2) is 0 Å². The van der Waals surface area contributed by atoms with Crippen LogP contribution in [-0.2, 0) is 0 Å². The fraction of sp³-hybridized carbons (Fsp3) is 0.765. The largest absolute Gasteiger partial charge is 0.0888 e. The first-order valence-electron chi connectivity index (χ1n) is 7.71. The summed E-state index contributed by atoms with van der Waals surface area (Å²) in [6.07, 6.45) is 24.0. The summed E-state index contributed by atoms with van der Waals surface area (Å²) in [7, 11) is 0. The molecule has 0 nitrogen and oxygen atoms in total. The lowest BCUT2D eigenvalue weighted by Crippen LogP contribution is -1.76. The van der Waals surface area contributed by atoms with Gasteiger partial charge in [-0.05, 0) is 44.9 Å². The standard InChI is InChI=1S/C17H32/c1-3-5-7-9-11-13-15-17-16-14-12-10-8-6-4-2/h5,7,16-17H,3-4,6,8-15H2,1-2H3. The molecular formula is C17H32. The maximum atomic E-state index is 2.38. The normalized spacial score (nSPS) is 11.9. The second kappa shape index (κ2) is 15.5. The van der Waals surface area contributed by atoms with Crippen molar-refractivity contribution in [1.82, 2.24) is 0 Å². The summed E-state index contributed by atoms with van der Waals surface area (Å²) < 4.78 is 0. The number of rotatable bonds is 12. The third kappa shape index (κ3) is 15.5. The SMILES string of the molecule is CCC=CCCCCC=CCCCCCCC. The maximum Gasteiger partial charge on any atom is -0.0351 e. The number of unbranched alkanes of at least 4 members (excludes halogenated alkanes) is 8. The average molecular weight is 236 g/mol. The molecule has 17 heavy (non-hydrogen) atoms.